The molecule has 1 spiro atoms. The second kappa shape index (κ2) is 12.7. The minimum atomic E-state index is -1.22. The monoisotopic (exact) mass is 620 g/mol. The minimum Gasteiger partial charge on any atom is -0.494 e. The molecule has 4 aliphatic rings. The molecule has 11 heteroatoms. The van der Waals surface area contributed by atoms with Crippen LogP contribution in [0.25, 0.3) is 0 Å². The Bertz CT molecular complexity index is 1380. The summed E-state index contributed by atoms with van der Waals surface area (Å²) in [5.74, 6) is -2.17. The molecule has 242 valence electrons. The van der Waals surface area contributed by atoms with Gasteiger partial charge in [-0.25, -0.2) is 0 Å². The van der Waals surface area contributed by atoms with Gasteiger partial charge < -0.3 is 34.9 Å². The highest BCUT2D eigenvalue weighted by molar-refractivity contribution is 6.02. The molecule has 3 N–H and O–H groups in total. The Morgan fingerprint density at radius 1 is 1.09 bits per heavy atom. The fourth-order valence-corrected chi connectivity index (χ4v) is 8.02. The lowest BCUT2D eigenvalue weighted by atomic mass is 9.62. The number of aliphatic hydroxyl groups is 1. The highest BCUT2D eigenvalue weighted by Gasteiger charge is 2.80. The van der Waals surface area contributed by atoms with E-state index >= 15 is 0 Å². The molecule has 4 saturated heterocycles. The molecular formula is C34H44N4O7. The van der Waals surface area contributed by atoms with E-state index in [1.807, 2.05) is 51.1 Å². The summed E-state index contributed by atoms with van der Waals surface area (Å²) in [6.45, 7) is 9.89. The number of ether oxygens (including phenoxy) is 3. The first-order valence-electron chi connectivity index (χ1n) is 16.0. The number of aliphatic hydroxyl groups excluding tert-OH is 1. The summed E-state index contributed by atoms with van der Waals surface area (Å²) in [7, 11) is 0. The van der Waals surface area contributed by atoms with Crippen LogP contribution in [0.3, 0.4) is 0 Å². The number of rotatable bonds is 11. The van der Waals surface area contributed by atoms with Gasteiger partial charge in [0, 0.05) is 31.9 Å². The summed E-state index contributed by atoms with van der Waals surface area (Å²) >= 11 is 0. The van der Waals surface area contributed by atoms with Crippen LogP contribution in [0, 0.1) is 17.8 Å². The summed E-state index contributed by atoms with van der Waals surface area (Å²) in [6, 6.07) is 14.5. The average molecular weight is 621 g/mol. The Hall–Kier alpha value is -3.51. The molecule has 3 unspecified atom stereocenters. The van der Waals surface area contributed by atoms with E-state index in [0.29, 0.717) is 56.3 Å². The van der Waals surface area contributed by atoms with E-state index in [2.05, 4.69) is 15.5 Å². The number of anilines is 1. The van der Waals surface area contributed by atoms with E-state index in [4.69, 9.17) is 14.2 Å². The molecule has 7 atom stereocenters. The van der Waals surface area contributed by atoms with Crippen molar-refractivity contribution in [2.24, 2.45) is 17.8 Å². The minimum absolute atomic E-state index is 0.106. The van der Waals surface area contributed by atoms with Crippen LogP contribution >= 0.6 is 0 Å². The van der Waals surface area contributed by atoms with Gasteiger partial charge in [0.2, 0.25) is 17.7 Å². The van der Waals surface area contributed by atoms with Gasteiger partial charge in [0.1, 0.15) is 17.4 Å². The number of hydrogen-bond donors (Lipinski definition) is 3. The van der Waals surface area contributed by atoms with Gasteiger partial charge in [-0.2, -0.15) is 0 Å². The van der Waals surface area contributed by atoms with Crippen molar-refractivity contribution < 1.29 is 33.7 Å². The Morgan fingerprint density at radius 3 is 2.47 bits per heavy atom. The molecule has 4 fully saturated rings. The molecule has 0 saturated carbocycles. The number of carbonyl (C=O) groups excluding carboxylic acids is 3. The predicted molar refractivity (Wildman–Crippen MR) is 166 cm³/mol. The van der Waals surface area contributed by atoms with Crippen LogP contribution in [0.2, 0.25) is 0 Å². The largest absolute Gasteiger partial charge is 0.494 e. The van der Waals surface area contributed by atoms with Crippen LogP contribution in [-0.4, -0.2) is 102 Å². The van der Waals surface area contributed by atoms with E-state index in [-0.39, 0.29) is 30.2 Å². The lowest BCUT2D eigenvalue weighted by Crippen LogP contribution is -2.57. The quantitative estimate of drug-likeness (QED) is 0.349. The van der Waals surface area contributed by atoms with Crippen molar-refractivity contribution in [2.45, 2.75) is 50.5 Å². The maximum Gasteiger partial charge on any atom is 0.245 e. The van der Waals surface area contributed by atoms with Crippen molar-refractivity contribution in [3.63, 3.8) is 0 Å². The number of carbonyl (C=O) groups is 3. The van der Waals surface area contributed by atoms with Crippen molar-refractivity contribution in [1.82, 2.24) is 15.1 Å². The van der Waals surface area contributed by atoms with Gasteiger partial charge in [0.05, 0.1) is 49.9 Å². The van der Waals surface area contributed by atoms with E-state index in [1.54, 1.807) is 24.3 Å². The van der Waals surface area contributed by atoms with Gasteiger partial charge in [-0.3, -0.25) is 19.3 Å². The summed E-state index contributed by atoms with van der Waals surface area (Å²) in [5, 5.41) is 16.8. The Balaban J connectivity index is 1.33. The maximum atomic E-state index is 14.7. The normalized spacial score (nSPS) is 31.5. The zero-order valence-electron chi connectivity index (χ0n) is 26.2. The van der Waals surface area contributed by atoms with E-state index in [9.17, 15) is 19.5 Å². The lowest BCUT2D eigenvalue weighted by Gasteiger charge is -2.37. The van der Waals surface area contributed by atoms with Gasteiger partial charge >= 0.3 is 0 Å². The summed E-state index contributed by atoms with van der Waals surface area (Å²) in [4.78, 5) is 46.8. The third-order valence-corrected chi connectivity index (χ3v) is 10.2. The number of benzene rings is 2. The van der Waals surface area contributed by atoms with Crippen molar-refractivity contribution in [1.29, 1.82) is 0 Å². The number of hydrogen-bond acceptors (Lipinski definition) is 8. The van der Waals surface area contributed by atoms with Crippen LogP contribution in [0.1, 0.15) is 38.8 Å². The summed E-state index contributed by atoms with van der Waals surface area (Å²) in [6.07, 6.45) is 0.442. The van der Waals surface area contributed by atoms with Crippen LogP contribution in [-0.2, 0) is 23.9 Å². The van der Waals surface area contributed by atoms with Crippen molar-refractivity contribution in [2.75, 3.05) is 57.9 Å². The van der Waals surface area contributed by atoms with Gasteiger partial charge in [-0.15, -0.1) is 0 Å². The first-order chi connectivity index (χ1) is 21.7. The number of likely N-dealkylation sites (tertiary alicyclic amines) is 1. The number of fused-ring (bicyclic) bond motifs is 1. The molecule has 4 aliphatic heterocycles. The second-order valence-corrected chi connectivity index (χ2v) is 12.8. The van der Waals surface area contributed by atoms with E-state index in [0.717, 1.165) is 13.1 Å². The molecule has 2 bridgehead atoms. The zero-order valence-corrected chi connectivity index (χ0v) is 26.2. The summed E-state index contributed by atoms with van der Waals surface area (Å²) < 4.78 is 17.8. The van der Waals surface area contributed by atoms with Crippen LogP contribution in [0.15, 0.2) is 54.6 Å². The van der Waals surface area contributed by atoms with Crippen LogP contribution in [0.5, 0.6) is 5.75 Å². The lowest BCUT2D eigenvalue weighted by molar-refractivity contribution is -0.150. The zero-order chi connectivity index (χ0) is 31.8. The Kier molecular flexibility index (Phi) is 8.89. The Labute approximate surface area is 264 Å². The van der Waals surface area contributed by atoms with Gasteiger partial charge in [0.25, 0.3) is 0 Å². The SMILES string of the molecule is CCOc1ccc(NC(=O)[C@@H]2[C@H]3C(=O)N([C@H](CO)c4ccccc4)C(C(=O)NCCN4CCOCC4)C34CC(C)[C@@]2(C)O4)cc1. The average Bonchev–Trinajstić information content (AvgIpc) is 3.56. The summed E-state index contributed by atoms with van der Waals surface area (Å²) in [5.41, 5.74) is -0.902. The predicted octanol–water partition coefficient (Wildman–Crippen LogP) is 2.22. The molecule has 6 rings (SSSR count). The molecule has 2 aromatic rings. The molecule has 0 radical (unpaired) electrons. The number of amides is 3. The molecule has 45 heavy (non-hydrogen) atoms. The molecular weight excluding hydrogens is 576 g/mol. The molecule has 11 nitrogen and oxygen atoms in total. The van der Waals surface area contributed by atoms with E-state index < -0.39 is 35.1 Å². The fraction of sp³-hybridized carbons (Fsp3) is 0.559. The van der Waals surface area contributed by atoms with Gasteiger partial charge in [0.15, 0.2) is 0 Å². The highest BCUT2D eigenvalue weighted by atomic mass is 16.5. The first-order valence-corrected chi connectivity index (χ1v) is 16.0. The van der Waals surface area contributed by atoms with Crippen molar-refractivity contribution in [3.05, 3.63) is 60.2 Å². The number of nitrogens with zero attached hydrogens (tertiary/aromatic N) is 2. The smallest absolute Gasteiger partial charge is 0.245 e. The second-order valence-electron chi connectivity index (χ2n) is 12.8. The number of nitrogens with one attached hydrogen (secondary N) is 2. The maximum absolute atomic E-state index is 14.7. The highest BCUT2D eigenvalue weighted by Crippen LogP contribution is 2.66. The fourth-order valence-electron chi connectivity index (χ4n) is 8.02. The third kappa shape index (κ3) is 5.49. The van der Waals surface area contributed by atoms with Gasteiger partial charge in [-0.1, -0.05) is 37.3 Å². The van der Waals surface area contributed by atoms with Crippen molar-refractivity contribution >= 4 is 23.4 Å². The third-order valence-electron chi connectivity index (χ3n) is 10.2. The van der Waals surface area contributed by atoms with Crippen LogP contribution in [0.4, 0.5) is 5.69 Å². The number of morpholine rings is 1. The molecule has 3 amide bonds. The van der Waals surface area contributed by atoms with E-state index in [1.165, 1.54) is 4.90 Å². The molecule has 4 heterocycles. The Morgan fingerprint density at radius 2 is 1.80 bits per heavy atom. The first kappa shape index (κ1) is 31.5. The standard InChI is InChI=1S/C34H44N4O7/c1-4-44-25-12-10-24(11-13-25)36-30(40)27-28-32(42)38(26(21-39)23-8-6-5-7-9-23)29(34(28)20-22(2)33(27,3)45-34)31(41)35-14-15-37-16-18-43-19-17-37/h5-13,22,26-29,39H,4,14-21H2,1-3H3,(H,35,41)(H,36,40)/t22?,26-,27+,28+,29?,33-,34?/m1/s1. The van der Waals surface area contributed by atoms with Crippen LogP contribution < -0.4 is 15.4 Å². The van der Waals surface area contributed by atoms with Gasteiger partial charge in [-0.05, 0) is 56.0 Å². The van der Waals surface area contributed by atoms with Crippen molar-refractivity contribution in [3.8, 4) is 5.75 Å². The molecule has 2 aromatic carbocycles. The molecule has 0 aliphatic carbocycles. The molecule has 0 aromatic heterocycles. The topological polar surface area (TPSA) is 130 Å².